The van der Waals surface area contributed by atoms with Crippen molar-refractivity contribution in [1.82, 2.24) is 5.48 Å². The third kappa shape index (κ3) is 2.65. The molecule has 0 heterocycles. The van der Waals surface area contributed by atoms with E-state index in [0.29, 0.717) is 24.0 Å². The third-order valence-electron chi connectivity index (χ3n) is 2.51. The van der Waals surface area contributed by atoms with Crippen molar-refractivity contribution < 1.29 is 14.7 Å². The Morgan fingerprint density at radius 1 is 1.25 bits per heavy atom. The SMILES string of the molecule is COc1cc(C(C)C)cc(CNO)c1OC. The van der Waals surface area contributed by atoms with Gasteiger partial charge in [0, 0.05) is 12.1 Å². The minimum absolute atomic E-state index is 0.333. The molecule has 1 aromatic carbocycles. The molecule has 16 heavy (non-hydrogen) atoms. The van der Waals surface area contributed by atoms with Crippen LogP contribution in [-0.4, -0.2) is 19.4 Å². The number of rotatable bonds is 5. The van der Waals surface area contributed by atoms with Crippen LogP contribution in [0.5, 0.6) is 11.5 Å². The molecule has 0 unspecified atom stereocenters. The van der Waals surface area contributed by atoms with Gasteiger partial charge in [-0.1, -0.05) is 19.9 Å². The highest BCUT2D eigenvalue weighted by atomic mass is 16.5. The van der Waals surface area contributed by atoms with E-state index in [-0.39, 0.29) is 0 Å². The second kappa shape index (κ2) is 5.72. The Kier molecular flexibility index (Phi) is 4.58. The molecule has 0 atom stereocenters. The number of methoxy groups -OCH3 is 2. The van der Waals surface area contributed by atoms with E-state index < -0.39 is 0 Å². The molecule has 0 aliphatic carbocycles. The van der Waals surface area contributed by atoms with E-state index in [4.69, 9.17) is 14.7 Å². The van der Waals surface area contributed by atoms with Crippen LogP contribution in [0.3, 0.4) is 0 Å². The summed E-state index contributed by atoms with van der Waals surface area (Å²) in [5, 5.41) is 8.79. The molecule has 4 nitrogen and oxygen atoms in total. The van der Waals surface area contributed by atoms with Crippen molar-refractivity contribution in [2.24, 2.45) is 0 Å². The molecule has 1 rings (SSSR count). The summed E-state index contributed by atoms with van der Waals surface area (Å²) in [5.74, 6) is 1.75. The highest BCUT2D eigenvalue weighted by molar-refractivity contribution is 5.50. The van der Waals surface area contributed by atoms with Crippen LogP contribution in [0.25, 0.3) is 0 Å². The summed E-state index contributed by atoms with van der Waals surface area (Å²) in [4.78, 5) is 0. The lowest BCUT2D eigenvalue weighted by atomic mass is 9.99. The van der Waals surface area contributed by atoms with E-state index in [0.717, 1.165) is 11.1 Å². The van der Waals surface area contributed by atoms with Gasteiger partial charge in [-0.05, 0) is 17.5 Å². The lowest BCUT2D eigenvalue weighted by molar-refractivity contribution is 0.160. The van der Waals surface area contributed by atoms with Crippen LogP contribution in [-0.2, 0) is 6.54 Å². The van der Waals surface area contributed by atoms with Crippen molar-refractivity contribution in [2.45, 2.75) is 26.3 Å². The summed E-state index contributed by atoms with van der Waals surface area (Å²) in [5.41, 5.74) is 4.18. The summed E-state index contributed by atoms with van der Waals surface area (Å²) in [7, 11) is 3.20. The molecular formula is C12H19NO3. The van der Waals surface area contributed by atoms with Crippen LogP contribution >= 0.6 is 0 Å². The minimum atomic E-state index is 0.333. The van der Waals surface area contributed by atoms with Crippen molar-refractivity contribution in [3.63, 3.8) is 0 Å². The monoisotopic (exact) mass is 225 g/mol. The lowest BCUT2D eigenvalue weighted by Gasteiger charge is -2.16. The Hall–Kier alpha value is -1.26. The van der Waals surface area contributed by atoms with Crippen LogP contribution in [0.4, 0.5) is 0 Å². The second-order valence-electron chi connectivity index (χ2n) is 3.91. The maximum atomic E-state index is 8.79. The molecule has 0 aliphatic rings. The average molecular weight is 225 g/mol. The van der Waals surface area contributed by atoms with Crippen molar-refractivity contribution in [1.29, 1.82) is 0 Å². The predicted molar refractivity (Wildman–Crippen MR) is 62.3 cm³/mol. The fourth-order valence-electron chi connectivity index (χ4n) is 1.62. The zero-order valence-corrected chi connectivity index (χ0v) is 10.2. The van der Waals surface area contributed by atoms with Gasteiger partial charge < -0.3 is 14.7 Å². The molecule has 0 amide bonds. The molecule has 0 bridgehead atoms. The van der Waals surface area contributed by atoms with Gasteiger partial charge in [-0.25, -0.2) is 5.48 Å². The molecule has 0 spiro atoms. The zero-order chi connectivity index (χ0) is 12.1. The average Bonchev–Trinajstić information content (AvgIpc) is 2.28. The van der Waals surface area contributed by atoms with Gasteiger partial charge in [-0.15, -0.1) is 0 Å². The van der Waals surface area contributed by atoms with Crippen LogP contribution < -0.4 is 15.0 Å². The van der Waals surface area contributed by atoms with E-state index in [9.17, 15) is 0 Å². The fraction of sp³-hybridized carbons (Fsp3) is 0.500. The summed E-state index contributed by atoms with van der Waals surface area (Å²) < 4.78 is 10.6. The topological polar surface area (TPSA) is 50.7 Å². The first-order valence-corrected chi connectivity index (χ1v) is 5.25. The zero-order valence-electron chi connectivity index (χ0n) is 10.2. The standard InChI is InChI=1S/C12H19NO3/c1-8(2)9-5-10(7-13-14)12(16-4)11(6-9)15-3/h5-6,8,13-14H,7H2,1-4H3. The largest absolute Gasteiger partial charge is 0.493 e. The number of hydrogen-bond acceptors (Lipinski definition) is 4. The van der Waals surface area contributed by atoms with Gasteiger partial charge in [0.25, 0.3) is 0 Å². The maximum absolute atomic E-state index is 8.79. The fourth-order valence-corrected chi connectivity index (χ4v) is 1.62. The molecule has 90 valence electrons. The van der Waals surface area contributed by atoms with E-state index >= 15 is 0 Å². The van der Waals surface area contributed by atoms with Gasteiger partial charge in [0.1, 0.15) is 0 Å². The Morgan fingerprint density at radius 3 is 2.38 bits per heavy atom. The van der Waals surface area contributed by atoms with E-state index in [1.807, 2.05) is 12.1 Å². The quantitative estimate of drug-likeness (QED) is 0.755. The van der Waals surface area contributed by atoms with E-state index in [1.54, 1.807) is 14.2 Å². The lowest BCUT2D eigenvalue weighted by Crippen LogP contribution is -2.09. The maximum Gasteiger partial charge on any atom is 0.165 e. The molecule has 0 aliphatic heterocycles. The molecule has 0 aromatic heterocycles. The first kappa shape index (κ1) is 12.8. The molecule has 0 fully saturated rings. The van der Waals surface area contributed by atoms with E-state index in [2.05, 4.69) is 19.3 Å². The molecule has 2 N–H and O–H groups in total. The Morgan fingerprint density at radius 2 is 1.94 bits per heavy atom. The first-order chi connectivity index (χ1) is 7.63. The predicted octanol–water partition coefficient (Wildman–Crippen LogP) is 2.31. The summed E-state index contributed by atoms with van der Waals surface area (Å²) >= 11 is 0. The smallest absolute Gasteiger partial charge is 0.165 e. The number of hydroxylamine groups is 1. The van der Waals surface area contributed by atoms with Gasteiger partial charge in [0.05, 0.1) is 14.2 Å². The molecule has 1 aromatic rings. The van der Waals surface area contributed by atoms with Gasteiger partial charge >= 0.3 is 0 Å². The molecule has 0 radical (unpaired) electrons. The molecule has 0 saturated heterocycles. The second-order valence-corrected chi connectivity index (χ2v) is 3.91. The molecular weight excluding hydrogens is 206 g/mol. The Bertz CT molecular complexity index is 350. The molecule has 0 saturated carbocycles. The van der Waals surface area contributed by atoms with Crippen LogP contribution in [0.1, 0.15) is 30.9 Å². The third-order valence-corrected chi connectivity index (χ3v) is 2.51. The number of hydrogen-bond donors (Lipinski definition) is 2. The first-order valence-electron chi connectivity index (χ1n) is 5.25. The highest BCUT2D eigenvalue weighted by Crippen LogP contribution is 2.34. The Labute approximate surface area is 96.1 Å². The highest BCUT2D eigenvalue weighted by Gasteiger charge is 2.13. The van der Waals surface area contributed by atoms with Crippen LogP contribution in [0.15, 0.2) is 12.1 Å². The normalized spacial score (nSPS) is 10.6. The number of ether oxygens (including phenoxy) is 2. The van der Waals surface area contributed by atoms with Gasteiger partial charge in [0.15, 0.2) is 11.5 Å². The van der Waals surface area contributed by atoms with Crippen LogP contribution in [0, 0.1) is 0 Å². The van der Waals surface area contributed by atoms with Crippen molar-refractivity contribution >= 4 is 0 Å². The molecule has 4 heteroatoms. The Balaban J connectivity index is 3.25. The van der Waals surface area contributed by atoms with E-state index in [1.165, 1.54) is 0 Å². The summed E-state index contributed by atoms with van der Waals surface area (Å²) in [6.45, 7) is 4.55. The van der Waals surface area contributed by atoms with Gasteiger partial charge in [0.2, 0.25) is 0 Å². The van der Waals surface area contributed by atoms with Gasteiger partial charge in [-0.2, -0.15) is 0 Å². The van der Waals surface area contributed by atoms with Gasteiger partial charge in [-0.3, -0.25) is 0 Å². The van der Waals surface area contributed by atoms with Crippen molar-refractivity contribution in [3.05, 3.63) is 23.3 Å². The van der Waals surface area contributed by atoms with Crippen molar-refractivity contribution in [3.8, 4) is 11.5 Å². The summed E-state index contributed by atoms with van der Waals surface area (Å²) in [6, 6.07) is 3.97. The number of nitrogens with one attached hydrogen (secondary N) is 1. The van der Waals surface area contributed by atoms with Crippen LogP contribution in [0.2, 0.25) is 0 Å². The summed E-state index contributed by atoms with van der Waals surface area (Å²) in [6.07, 6.45) is 0. The minimum Gasteiger partial charge on any atom is -0.493 e. The number of benzene rings is 1. The van der Waals surface area contributed by atoms with Crippen molar-refractivity contribution in [2.75, 3.05) is 14.2 Å².